The Morgan fingerprint density at radius 2 is 1.41 bits per heavy atom. The zero-order chi connectivity index (χ0) is 16.6. The fourth-order valence-corrected chi connectivity index (χ4v) is 2.31. The van der Waals surface area contributed by atoms with Crippen molar-refractivity contribution in [3.63, 3.8) is 0 Å². The second-order valence-corrected chi connectivity index (χ2v) is 5.84. The van der Waals surface area contributed by atoms with Crippen molar-refractivity contribution in [2.24, 2.45) is 5.73 Å². The van der Waals surface area contributed by atoms with Gasteiger partial charge in [-0.15, -0.1) is 11.8 Å². The van der Waals surface area contributed by atoms with Gasteiger partial charge in [0, 0.05) is 19.5 Å². The van der Waals surface area contributed by atoms with Crippen LogP contribution in [0.4, 0.5) is 4.39 Å². The number of halogens is 1. The number of carbonyl (C=O) groups is 3. The largest absolute Gasteiger partial charge is 0.355 e. The highest BCUT2D eigenvalue weighted by Crippen LogP contribution is 2.00. The Balaban J connectivity index is 3.39. The third-order valence-electron chi connectivity index (χ3n) is 2.79. The van der Waals surface area contributed by atoms with E-state index >= 15 is 0 Å². The summed E-state index contributed by atoms with van der Waals surface area (Å²) in [4.78, 5) is 33.0. The van der Waals surface area contributed by atoms with Crippen LogP contribution in [-0.4, -0.2) is 49.0 Å². The monoisotopic (exact) mass is 335 g/mol. The summed E-state index contributed by atoms with van der Waals surface area (Å²) in [5.41, 5.74) is 5.37. The van der Waals surface area contributed by atoms with Crippen molar-refractivity contribution >= 4 is 29.6 Å². The molecule has 0 aliphatic heterocycles. The number of amides is 2. The second kappa shape index (κ2) is 14.8. The Morgan fingerprint density at radius 1 is 0.864 bits per heavy atom. The predicted molar refractivity (Wildman–Crippen MR) is 86.2 cm³/mol. The summed E-state index contributed by atoms with van der Waals surface area (Å²) in [5.74, 6) is 0.225. The number of rotatable bonds is 14. The quantitative estimate of drug-likeness (QED) is 0.321. The van der Waals surface area contributed by atoms with Crippen LogP contribution in [0, 0.1) is 0 Å². The Hall–Kier alpha value is -1.15. The molecule has 2 amide bonds. The van der Waals surface area contributed by atoms with Crippen molar-refractivity contribution in [3.8, 4) is 0 Å². The molecule has 8 heteroatoms. The lowest BCUT2D eigenvalue weighted by atomic mass is 10.2. The minimum Gasteiger partial charge on any atom is -0.355 e. The fourth-order valence-electron chi connectivity index (χ4n) is 1.63. The third-order valence-corrected chi connectivity index (χ3v) is 3.72. The molecule has 6 nitrogen and oxygen atoms in total. The van der Waals surface area contributed by atoms with Crippen LogP contribution >= 0.6 is 11.8 Å². The lowest BCUT2D eigenvalue weighted by molar-refractivity contribution is -0.129. The zero-order valence-electron chi connectivity index (χ0n) is 12.9. The summed E-state index contributed by atoms with van der Waals surface area (Å²) in [5, 5.41) is 5.45. The van der Waals surface area contributed by atoms with Crippen LogP contribution in [0.1, 0.15) is 38.5 Å². The Bertz CT molecular complexity index is 343. The van der Waals surface area contributed by atoms with Gasteiger partial charge in [0.1, 0.15) is 0 Å². The number of nitrogens with two attached hydrogens (primary N) is 1. The molecule has 22 heavy (non-hydrogen) atoms. The molecule has 128 valence electrons. The topological polar surface area (TPSA) is 101 Å². The van der Waals surface area contributed by atoms with Crippen LogP contribution in [0.3, 0.4) is 0 Å². The standard InChI is InChI=1S/C14H26FN3O3S/c15-12(19)6-2-5-9-18-14(21)11-22-10-13(20)17-8-4-1-3-7-16/h1-11,16H2,(H,17,20)(H,18,21). The van der Waals surface area contributed by atoms with E-state index in [-0.39, 0.29) is 29.7 Å². The number of thioether (sulfide) groups is 1. The highest BCUT2D eigenvalue weighted by Gasteiger charge is 2.05. The first-order valence-electron chi connectivity index (χ1n) is 7.55. The maximum absolute atomic E-state index is 11.9. The number of unbranched alkanes of at least 4 members (excludes halogenated alkanes) is 3. The molecule has 0 radical (unpaired) electrons. The van der Waals surface area contributed by atoms with Crippen LogP contribution in [0.2, 0.25) is 0 Å². The van der Waals surface area contributed by atoms with Crippen molar-refractivity contribution in [2.45, 2.75) is 38.5 Å². The molecule has 0 fully saturated rings. The SMILES string of the molecule is NCCCCCNC(=O)CSCC(=O)NCCCCC(=O)F. The van der Waals surface area contributed by atoms with Crippen molar-refractivity contribution < 1.29 is 18.8 Å². The average molecular weight is 335 g/mol. The first-order valence-corrected chi connectivity index (χ1v) is 8.71. The molecule has 0 unspecified atom stereocenters. The van der Waals surface area contributed by atoms with E-state index in [0.717, 1.165) is 19.3 Å². The van der Waals surface area contributed by atoms with Gasteiger partial charge in [-0.05, 0) is 32.2 Å². The molecule has 4 N–H and O–H groups in total. The molecular formula is C14H26FN3O3S. The van der Waals surface area contributed by atoms with Crippen molar-refractivity contribution in [2.75, 3.05) is 31.1 Å². The van der Waals surface area contributed by atoms with E-state index in [4.69, 9.17) is 5.73 Å². The first-order chi connectivity index (χ1) is 10.6. The summed E-state index contributed by atoms with van der Waals surface area (Å²) in [7, 11) is 0. The minimum atomic E-state index is -1.32. The zero-order valence-corrected chi connectivity index (χ0v) is 13.7. The van der Waals surface area contributed by atoms with Crippen LogP contribution in [0.5, 0.6) is 0 Å². The molecule has 0 atom stereocenters. The normalized spacial score (nSPS) is 10.3. The van der Waals surface area contributed by atoms with E-state index in [0.29, 0.717) is 32.5 Å². The van der Waals surface area contributed by atoms with E-state index < -0.39 is 6.04 Å². The van der Waals surface area contributed by atoms with Crippen LogP contribution in [0.25, 0.3) is 0 Å². The van der Waals surface area contributed by atoms with Gasteiger partial charge >= 0.3 is 6.04 Å². The van der Waals surface area contributed by atoms with Gasteiger partial charge < -0.3 is 16.4 Å². The fraction of sp³-hybridized carbons (Fsp3) is 0.786. The number of hydrogen-bond acceptors (Lipinski definition) is 5. The van der Waals surface area contributed by atoms with E-state index in [2.05, 4.69) is 10.6 Å². The third kappa shape index (κ3) is 15.2. The summed E-state index contributed by atoms with van der Waals surface area (Å²) in [6.07, 6.45) is 3.76. The Kier molecular flexibility index (Phi) is 14.0. The Labute approximate surface area is 135 Å². The van der Waals surface area contributed by atoms with Gasteiger partial charge in [0.15, 0.2) is 0 Å². The highest BCUT2D eigenvalue weighted by atomic mass is 32.2. The average Bonchev–Trinajstić information content (AvgIpc) is 2.46. The predicted octanol–water partition coefficient (Wildman–Crippen LogP) is 0.747. The van der Waals surface area contributed by atoms with Gasteiger partial charge in [-0.25, -0.2) is 0 Å². The summed E-state index contributed by atoms with van der Waals surface area (Å²) in [6, 6.07) is -1.32. The Morgan fingerprint density at radius 3 is 1.91 bits per heavy atom. The second-order valence-electron chi connectivity index (χ2n) is 4.85. The van der Waals surface area contributed by atoms with Gasteiger partial charge in [0.2, 0.25) is 11.8 Å². The van der Waals surface area contributed by atoms with E-state index in [1.165, 1.54) is 11.8 Å². The molecule has 0 aromatic heterocycles. The highest BCUT2D eigenvalue weighted by molar-refractivity contribution is 8.00. The maximum atomic E-state index is 11.9. The smallest absolute Gasteiger partial charge is 0.301 e. The molecule has 0 heterocycles. The number of hydrogen-bond donors (Lipinski definition) is 3. The first kappa shape index (κ1) is 20.9. The van der Waals surface area contributed by atoms with Crippen molar-refractivity contribution in [3.05, 3.63) is 0 Å². The number of carbonyl (C=O) groups excluding carboxylic acids is 3. The van der Waals surface area contributed by atoms with Gasteiger partial charge in [-0.2, -0.15) is 4.39 Å². The van der Waals surface area contributed by atoms with Gasteiger partial charge in [-0.1, -0.05) is 6.42 Å². The molecule has 0 saturated carbocycles. The molecule has 0 saturated heterocycles. The molecule has 0 aromatic rings. The molecule has 0 aromatic carbocycles. The van der Waals surface area contributed by atoms with E-state index in [1.807, 2.05) is 0 Å². The van der Waals surface area contributed by atoms with Crippen LogP contribution < -0.4 is 16.4 Å². The van der Waals surface area contributed by atoms with E-state index in [9.17, 15) is 18.8 Å². The minimum absolute atomic E-state index is 0.0768. The van der Waals surface area contributed by atoms with Crippen molar-refractivity contribution in [1.82, 2.24) is 10.6 Å². The summed E-state index contributed by atoms with van der Waals surface area (Å²) >= 11 is 1.25. The molecule has 0 aliphatic rings. The van der Waals surface area contributed by atoms with Crippen LogP contribution in [-0.2, 0) is 14.4 Å². The summed E-state index contributed by atoms with van der Waals surface area (Å²) in [6.45, 7) is 1.72. The van der Waals surface area contributed by atoms with Gasteiger partial charge in [-0.3, -0.25) is 14.4 Å². The van der Waals surface area contributed by atoms with Gasteiger partial charge in [0.05, 0.1) is 11.5 Å². The van der Waals surface area contributed by atoms with E-state index in [1.54, 1.807) is 0 Å². The molecule has 0 rings (SSSR count). The summed E-state index contributed by atoms with van der Waals surface area (Å²) < 4.78 is 11.9. The lowest BCUT2D eigenvalue weighted by Gasteiger charge is -2.06. The lowest BCUT2D eigenvalue weighted by Crippen LogP contribution is -2.29. The molecule has 0 aliphatic carbocycles. The van der Waals surface area contributed by atoms with Gasteiger partial charge in [0.25, 0.3) is 0 Å². The van der Waals surface area contributed by atoms with Crippen LogP contribution in [0.15, 0.2) is 0 Å². The maximum Gasteiger partial charge on any atom is 0.301 e. The van der Waals surface area contributed by atoms with Crippen molar-refractivity contribution in [1.29, 1.82) is 0 Å². The molecular weight excluding hydrogens is 309 g/mol. The molecule has 0 spiro atoms. The number of nitrogens with one attached hydrogen (secondary N) is 2. The molecule has 0 bridgehead atoms.